The van der Waals surface area contributed by atoms with Crippen LogP contribution in [0.1, 0.15) is 37.7 Å². The van der Waals surface area contributed by atoms with Crippen molar-refractivity contribution in [3.8, 4) is 0 Å². The fourth-order valence-electron chi connectivity index (χ4n) is 3.98. The summed E-state index contributed by atoms with van der Waals surface area (Å²) in [7, 11) is -3.79. The Labute approximate surface area is 200 Å². The van der Waals surface area contributed by atoms with Crippen LogP contribution in [0.5, 0.6) is 0 Å². The molecule has 178 valence electrons. The van der Waals surface area contributed by atoms with Crippen LogP contribution in [0.3, 0.4) is 0 Å². The maximum Gasteiger partial charge on any atom is 0.319 e. The molecule has 0 saturated heterocycles. The molecule has 8 nitrogen and oxygen atoms in total. The van der Waals surface area contributed by atoms with Gasteiger partial charge >= 0.3 is 6.03 Å². The Morgan fingerprint density at radius 2 is 1.65 bits per heavy atom. The third-order valence-corrected chi connectivity index (χ3v) is 7.15. The van der Waals surface area contributed by atoms with Crippen molar-refractivity contribution in [3.63, 3.8) is 0 Å². The highest BCUT2D eigenvalue weighted by atomic mass is 32.2. The number of hydrogen-bond donors (Lipinski definition) is 4. The average Bonchev–Trinajstić information content (AvgIpc) is 2.85. The number of hydrogen-bond acceptors (Lipinski definition) is 5. The number of sulfonamides is 1. The molecule has 4 rings (SSSR count). The number of para-hydroxylation sites is 1. The van der Waals surface area contributed by atoms with E-state index in [-0.39, 0.29) is 10.9 Å². The molecule has 9 heteroatoms. The quantitative estimate of drug-likeness (QED) is 0.365. The number of nitrogens with one attached hydrogen (secondary N) is 4. The highest BCUT2D eigenvalue weighted by Crippen LogP contribution is 2.28. The molecule has 1 heterocycles. The molecule has 1 aliphatic carbocycles. The van der Waals surface area contributed by atoms with Crippen LogP contribution >= 0.6 is 0 Å². The van der Waals surface area contributed by atoms with E-state index in [1.54, 1.807) is 60.9 Å². The van der Waals surface area contributed by atoms with Crippen LogP contribution in [0.25, 0.3) is 0 Å². The number of benzene rings is 2. The lowest BCUT2D eigenvalue weighted by molar-refractivity contribution is 0.251. The van der Waals surface area contributed by atoms with Gasteiger partial charge in [0.1, 0.15) is 4.90 Å². The molecule has 0 spiro atoms. The monoisotopic (exact) mass is 479 g/mol. The number of pyridine rings is 1. The summed E-state index contributed by atoms with van der Waals surface area (Å²) in [5, 5.41) is 8.90. The number of amides is 2. The summed E-state index contributed by atoms with van der Waals surface area (Å²) in [5.41, 5.74) is 2.46. The molecule has 0 aliphatic heterocycles. The molecule has 0 atom stereocenters. The van der Waals surface area contributed by atoms with Crippen molar-refractivity contribution in [3.05, 3.63) is 78.6 Å². The van der Waals surface area contributed by atoms with Gasteiger partial charge < -0.3 is 16.0 Å². The van der Waals surface area contributed by atoms with Crippen LogP contribution in [0.2, 0.25) is 0 Å². The van der Waals surface area contributed by atoms with Gasteiger partial charge in [-0.2, -0.15) is 0 Å². The molecule has 0 radical (unpaired) electrons. The van der Waals surface area contributed by atoms with Crippen molar-refractivity contribution < 1.29 is 13.2 Å². The number of aromatic nitrogens is 1. The highest BCUT2D eigenvalue weighted by Gasteiger charge is 2.21. The van der Waals surface area contributed by atoms with Crippen molar-refractivity contribution in [1.82, 2.24) is 10.3 Å². The Morgan fingerprint density at radius 3 is 2.38 bits per heavy atom. The van der Waals surface area contributed by atoms with Crippen molar-refractivity contribution in [2.24, 2.45) is 0 Å². The number of anilines is 3. The Morgan fingerprint density at radius 1 is 0.912 bits per heavy atom. The Bertz CT molecular complexity index is 1190. The fourth-order valence-corrected chi connectivity index (χ4v) is 5.21. The standard InChI is InChI=1S/C25H29N5O3S/c31-25(27-18-19-7-6-16-26-17-19)29-21-12-14-22(15-13-21)30-34(32,33)24-11-5-4-10-23(24)28-20-8-2-1-3-9-20/h4-7,10-17,20,28,30H,1-3,8-9,18H2,(H2,27,29,31). The smallest absolute Gasteiger partial charge is 0.319 e. The van der Waals surface area contributed by atoms with Crippen molar-refractivity contribution in [2.75, 3.05) is 15.4 Å². The summed E-state index contributed by atoms with van der Waals surface area (Å²) in [6.07, 6.45) is 9.00. The van der Waals surface area contributed by atoms with E-state index >= 15 is 0 Å². The summed E-state index contributed by atoms with van der Waals surface area (Å²) in [5.74, 6) is 0. The number of nitrogens with zero attached hydrogens (tertiary/aromatic N) is 1. The summed E-state index contributed by atoms with van der Waals surface area (Å²) < 4.78 is 28.9. The first kappa shape index (κ1) is 23.6. The molecule has 4 N–H and O–H groups in total. The maximum atomic E-state index is 13.1. The minimum Gasteiger partial charge on any atom is -0.381 e. The first-order valence-electron chi connectivity index (χ1n) is 11.4. The zero-order valence-corrected chi connectivity index (χ0v) is 19.6. The van der Waals surface area contributed by atoms with Gasteiger partial charge in [-0.3, -0.25) is 9.71 Å². The first-order valence-corrected chi connectivity index (χ1v) is 12.9. The Balaban J connectivity index is 1.36. The SMILES string of the molecule is O=C(NCc1cccnc1)Nc1ccc(NS(=O)(=O)c2ccccc2NC2CCCCC2)cc1. The molecule has 0 bridgehead atoms. The van der Waals surface area contributed by atoms with Crippen LogP contribution < -0.4 is 20.7 Å². The van der Waals surface area contributed by atoms with Crippen molar-refractivity contribution in [2.45, 2.75) is 49.6 Å². The molecule has 1 fully saturated rings. The van der Waals surface area contributed by atoms with Gasteiger partial charge in [0.05, 0.1) is 5.69 Å². The zero-order valence-electron chi connectivity index (χ0n) is 18.8. The van der Waals surface area contributed by atoms with Gasteiger partial charge in [0.25, 0.3) is 10.0 Å². The van der Waals surface area contributed by atoms with Gasteiger partial charge in [-0.25, -0.2) is 13.2 Å². The second kappa shape index (κ2) is 11.0. The average molecular weight is 480 g/mol. The summed E-state index contributed by atoms with van der Waals surface area (Å²) >= 11 is 0. The van der Waals surface area contributed by atoms with E-state index in [9.17, 15) is 13.2 Å². The summed E-state index contributed by atoms with van der Waals surface area (Å²) in [6.45, 7) is 0.353. The molecule has 3 aromatic rings. The lowest BCUT2D eigenvalue weighted by atomic mass is 9.95. The molecule has 2 amide bonds. The van der Waals surface area contributed by atoms with Crippen molar-refractivity contribution in [1.29, 1.82) is 0 Å². The zero-order chi connectivity index (χ0) is 23.8. The lowest BCUT2D eigenvalue weighted by Crippen LogP contribution is -2.28. The molecule has 34 heavy (non-hydrogen) atoms. The molecule has 1 aliphatic rings. The second-order valence-corrected chi connectivity index (χ2v) is 9.98. The van der Waals surface area contributed by atoms with Gasteiger partial charge in [-0.15, -0.1) is 0 Å². The predicted molar refractivity (Wildman–Crippen MR) is 134 cm³/mol. The van der Waals surface area contributed by atoms with E-state index < -0.39 is 10.0 Å². The topological polar surface area (TPSA) is 112 Å². The number of carbonyl (C=O) groups excluding carboxylic acids is 1. The molecule has 1 aromatic heterocycles. The normalized spacial score (nSPS) is 14.2. The molecule has 2 aromatic carbocycles. The van der Waals surface area contributed by atoms with E-state index in [1.165, 1.54) is 6.42 Å². The van der Waals surface area contributed by atoms with Gasteiger partial charge in [0.15, 0.2) is 0 Å². The Hall–Kier alpha value is -3.59. The van der Waals surface area contributed by atoms with E-state index in [2.05, 4.69) is 25.7 Å². The second-order valence-electron chi connectivity index (χ2n) is 8.33. The van der Waals surface area contributed by atoms with Crippen LogP contribution in [-0.2, 0) is 16.6 Å². The summed E-state index contributed by atoms with van der Waals surface area (Å²) in [6, 6.07) is 17.1. The fraction of sp³-hybridized carbons (Fsp3) is 0.280. The minimum atomic E-state index is -3.79. The molecule has 0 unspecified atom stereocenters. The lowest BCUT2D eigenvalue weighted by Gasteiger charge is -2.25. The predicted octanol–water partition coefficient (Wildman–Crippen LogP) is 4.95. The van der Waals surface area contributed by atoms with Gasteiger partial charge in [0.2, 0.25) is 0 Å². The largest absolute Gasteiger partial charge is 0.381 e. The van der Waals surface area contributed by atoms with E-state index in [0.29, 0.717) is 29.6 Å². The maximum absolute atomic E-state index is 13.1. The van der Waals surface area contributed by atoms with Crippen LogP contribution in [-0.4, -0.2) is 25.5 Å². The minimum absolute atomic E-state index is 0.220. The van der Waals surface area contributed by atoms with Crippen molar-refractivity contribution >= 4 is 33.1 Å². The van der Waals surface area contributed by atoms with E-state index in [4.69, 9.17) is 0 Å². The van der Waals surface area contributed by atoms with Crippen LogP contribution in [0.15, 0.2) is 78.0 Å². The van der Waals surface area contributed by atoms with Gasteiger partial charge in [-0.1, -0.05) is 37.5 Å². The Kier molecular flexibility index (Phi) is 7.64. The van der Waals surface area contributed by atoms with Gasteiger partial charge in [-0.05, 0) is 60.9 Å². The van der Waals surface area contributed by atoms with E-state index in [1.807, 2.05) is 12.1 Å². The number of carbonyl (C=O) groups is 1. The molecular weight excluding hydrogens is 450 g/mol. The third kappa shape index (κ3) is 6.48. The first-order chi connectivity index (χ1) is 16.5. The molecule has 1 saturated carbocycles. The van der Waals surface area contributed by atoms with Crippen LogP contribution in [0, 0.1) is 0 Å². The third-order valence-electron chi connectivity index (χ3n) is 5.71. The highest BCUT2D eigenvalue weighted by molar-refractivity contribution is 7.92. The van der Waals surface area contributed by atoms with Crippen LogP contribution in [0.4, 0.5) is 21.9 Å². The van der Waals surface area contributed by atoms with Gasteiger partial charge in [0, 0.05) is 36.4 Å². The van der Waals surface area contributed by atoms with E-state index in [0.717, 1.165) is 31.2 Å². The molecular formula is C25H29N5O3S. The summed E-state index contributed by atoms with van der Waals surface area (Å²) in [4.78, 5) is 16.4. The number of rotatable bonds is 8. The number of urea groups is 1.